The zero-order valence-electron chi connectivity index (χ0n) is 17.4. The van der Waals surface area contributed by atoms with Crippen LogP contribution in [0.2, 0.25) is 0 Å². The molecule has 0 spiro atoms. The Morgan fingerprint density at radius 1 is 1.40 bits per heavy atom. The van der Waals surface area contributed by atoms with Gasteiger partial charge < -0.3 is 15.0 Å². The number of H-pyrrole nitrogens is 1. The number of nitrogens with one attached hydrogen (secondary N) is 2. The molecular weight excluding hydrogens is 374 g/mol. The zero-order chi connectivity index (χ0) is 21.5. The first-order valence-corrected chi connectivity index (χ1v) is 9.94. The smallest absolute Gasteiger partial charge is 0.179 e. The number of nitriles is 1. The van der Waals surface area contributed by atoms with Gasteiger partial charge in [0.1, 0.15) is 11.5 Å². The highest BCUT2D eigenvalue weighted by atomic mass is 16.5. The number of hydrogen-bond donors (Lipinski definition) is 2. The van der Waals surface area contributed by atoms with Crippen molar-refractivity contribution in [3.63, 3.8) is 0 Å². The first kappa shape index (κ1) is 21.0. The van der Waals surface area contributed by atoms with E-state index in [1.54, 1.807) is 11.0 Å². The van der Waals surface area contributed by atoms with Crippen LogP contribution in [-0.4, -0.2) is 34.2 Å². The van der Waals surface area contributed by atoms with E-state index in [2.05, 4.69) is 41.8 Å². The van der Waals surface area contributed by atoms with Gasteiger partial charge in [-0.3, -0.25) is 5.10 Å². The minimum Gasteiger partial charge on any atom is -0.457 e. The van der Waals surface area contributed by atoms with Crippen LogP contribution in [0, 0.1) is 17.4 Å². The van der Waals surface area contributed by atoms with E-state index in [0.717, 1.165) is 29.2 Å². The maximum atomic E-state index is 9.12. The number of benzene rings is 1. The molecular formula is C24H27N5O. The van der Waals surface area contributed by atoms with Gasteiger partial charge in [0.15, 0.2) is 6.19 Å². The highest BCUT2D eigenvalue weighted by molar-refractivity contribution is 5.71. The second kappa shape index (κ2) is 9.66. The van der Waals surface area contributed by atoms with E-state index in [9.17, 15) is 0 Å². The average Bonchev–Trinajstić information content (AvgIpc) is 3.36. The summed E-state index contributed by atoms with van der Waals surface area (Å²) in [5, 5.41) is 20.1. The zero-order valence-corrected chi connectivity index (χ0v) is 17.4. The summed E-state index contributed by atoms with van der Waals surface area (Å²) in [5.41, 5.74) is 3.19. The largest absolute Gasteiger partial charge is 0.457 e. The fourth-order valence-corrected chi connectivity index (χ4v) is 3.45. The van der Waals surface area contributed by atoms with Gasteiger partial charge in [-0.2, -0.15) is 10.4 Å². The fraction of sp³-hybridized carbons (Fsp3) is 0.250. The number of aromatic nitrogens is 2. The van der Waals surface area contributed by atoms with Crippen LogP contribution >= 0.6 is 0 Å². The lowest BCUT2D eigenvalue weighted by molar-refractivity contribution is 0.446. The van der Waals surface area contributed by atoms with Crippen LogP contribution in [0.4, 0.5) is 0 Å². The predicted molar refractivity (Wildman–Crippen MR) is 120 cm³/mol. The number of nitrogens with zero attached hydrogens (tertiary/aromatic N) is 3. The number of ether oxygens (including phenoxy) is 1. The van der Waals surface area contributed by atoms with Crippen LogP contribution < -0.4 is 10.1 Å². The van der Waals surface area contributed by atoms with Crippen molar-refractivity contribution < 1.29 is 4.74 Å². The normalized spacial score (nSPS) is 19.0. The van der Waals surface area contributed by atoms with Gasteiger partial charge in [0.05, 0.1) is 17.1 Å². The Kier molecular flexibility index (Phi) is 6.76. The van der Waals surface area contributed by atoms with Crippen molar-refractivity contribution >= 4 is 5.70 Å². The van der Waals surface area contributed by atoms with Crippen LogP contribution in [0.5, 0.6) is 5.75 Å². The van der Waals surface area contributed by atoms with Gasteiger partial charge in [-0.05, 0) is 43.2 Å². The van der Waals surface area contributed by atoms with Gasteiger partial charge in [-0.15, -0.1) is 0 Å². The molecule has 2 aromatic rings. The highest BCUT2D eigenvalue weighted by Gasteiger charge is 2.29. The van der Waals surface area contributed by atoms with E-state index in [0.29, 0.717) is 24.0 Å². The Morgan fingerprint density at radius 2 is 2.20 bits per heavy atom. The topological polar surface area (TPSA) is 77.0 Å². The second-order valence-corrected chi connectivity index (χ2v) is 7.28. The predicted octanol–water partition coefficient (Wildman–Crippen LogP) is 4.46. The van der Waals surface area contributed by atoms with Crippen molar-refractivity contribution in [2.75, 3.05) is 13.1 Å². The van der Waals surface area contributed by atoms with E-state index in [4.69, 9.17) is 10.00 Å². The maximum Gasteiger partial charge on any atom is 0.179 e. The molecule has 30 heavy (non-hydrogen) atoms. The molecule has 1 aliphatic heterocycles. The summed E-state index contributed by atoms with van der Waals surface area (Å²) < 4.78 is 6.07. The van der Waals surface area contributed by atoms with Crippen LogP contribution in [-0.2, 0) is 0 Å². The molecule has 0 unspecified atom stereocenters. The summed E-state index contributed by atoms with van der Waals surface area (Å²) in [5.74, 6) is 1.76. The number of allylic oxidation sites excluding steroid dienone is 4. The first-order valence-electron chi connectivity index (χ1n) is 9.94. The Balaban J connectivity index is 1.78. The fourth-order valence-electron chi connectivity index (χ4n) is 3.45. The SMILES string of the molecule is C=C/C=C(\C=C/C)Oc1ccccc1-c1cc(C(=C)N[C@H]2CN(C#N)C[C@H]2C)[nH]n1. The quantitative estimate of drug-likeness (QED) is 0.388. The van der Waals surface area contributed by atoms with Crippen molar-refractivity contribution in [3.8, 4) is 23.2 Å². The van der Waals surface area contributed by atoms with Crippen molar-refractivity contribution in [1.82, 2.24) is 20.4 Å². The molecule has 3 rings (SSSR count). The molecule has 2 N–H and O–H groups in total. The number of likely N-dealkylation sites (tertiary alicyclic amines) is 1. The standard InChI is InChI=1S/C24H27N5O/c1-5-9-19(10-6-2)30-24-12-8-7-11-20(24)22-13-21(27-28-22)18(4)26-23-15-29(16-25)14-17(23)3/h5-13,17,23,26H,1,4,14-15H2,2-3H3,(H,27,28)/b10-6-,19-9+/t17-,23+/m1/s1. The molecule has 6 nitrogen and oxygen atoms in total. The van der Waals surface area contributed by atoms with Crippen LogP contribution in [0.3, 0.4) is 0 Å². The highest BCUT2D eigenvalue weighted by Crippen LogP contribution is 2.31. The molecule has 0 amide bonds. The molecule has 1 aliphatic rings. The van der Waals surface area contributed by atoms with E-state index >= 15 is 0 Å². The summed E-state index contributed by atoms with van der Waals surface area (Å²) in [4.78, 5) is 1.76. The molecule has 0 radical (unpaired) electrons. The molecule has 1 aromatic carbocycles. The molecule has 0 saturated carbocycles. The number of hydrogen-bond acceptors (Lipinski definition) is 5. The number of para-hydroxylation sites is 1. The van der Waals surface area contributed by atoms with E-state index < -0.39 is 0 Å². The van der Waals surface area contributed by atoms with E-state index in [1.165, 1.54) is 0 Å². The summed E-state index contributed by atoms with van der Waals surface area (Å²) in [6, 6.07) is 9.88. The number of aromatic amines is 1. The van der Waals surface area contributed by atoms with E-state index in [1.807, 2.05) is 55.5 Å². The lowest BCUT2D eigenvalue weighted by atomic mass is 10.1. The van der Waals surface area contributed by atoms with Crippen LogP contribution in [0.25, 0.3) is 17.0 Å². The van der Waals surface area contributed by atoms with Gasteiger partial charge in [0.25, 0.3) is 0 Å². The summed E-state index contributed by atoms with van der Waals surface area (Å²) in [6.07, 6.45) is 9.52. The molecule has 0 bridgehead atoms. The Bertz CT molecular complexity index is 1010. The lowest BCUT2D eigenvalue weighted by Gasteiger charge is -2.18. The monoisotopic (exact) mass is 401 g/mol. The van der Waals surface area contributed by atoms with Gasteiger partial charge in [0, 0.05) is 24.7 Å². The van der Waals surface area contributed by atoms with Crippen LogP contribution in [0.1, 0.15) is 19.5 Å². The van der Waals surface area contributed by atoms with Crippen molar-refractivity contribution in [2.45, 2.75) is 19.9 Å². The van der Waals surface area contributed by atoms with Crippen molar-refractivity contribution in [3.05, 3.63) is 79.2 Å². The average molecular weight is 402 g/mol. The van der Waals surface area contributed by atoms with Crippen molar-refractivity contribution in [1.29, 1.82) is 5.26 Å². The molecule has 1 saturated heterocycles. The minimum absolute atomic E-state index is 0.173. The molecule has 2 heterocycles. The summed E-state index contributed by atoms with van der Waals surface area (Å²) >= 11 is 0. The third kappa shape index (κ3) is 4.81. The second-order valence-electron chi connectivity index (χ2n) is 7.28. The molecule has 1 fully saturated rings. The van der Waals surface area contributed by atoms with Gasteiger partial charge in [-0.1, -0.05) is 44.4 Å². The lowest BCUT2D eigenvalue weighted by Crippen LogP contribution is -2.33. The third-order valence-electron chi connectivity index (χ3n) is 5.02. The Labute approximate surface area is 177 Å². The molecule has 2 atom stereocenters. The first-order chi connectivity index (χ1) is 14.5. The third-order valence-corrected chi connectivity index (χ3v) is 5.02. The van der Waals surface area contributed by atoms with Gasteiger partial charge in [-0.25, -0.2) is 0 Å². The molecule has 0 aliphatic carbocycles. The minimum atomic E-state index is 0.173. The molecule has 1 aromatic heterocycles. The Hall–Kier alpha value is -3.72. The Morgan fingerprint density at radius 3 is 2.90 bits per heavy atom. The number of rotatable bonds is 8. The maximum absolute atomic E-state index is 9.12. The van der Waals surface area contributed by atoms with Gasteiger partial charge >= 0.3 is 0 Å². The van der Waals surface area contributed by atoms with Crippen molar-refractivity contribution in [2.24, 2.45) is 5.92 Å². The van der Waals surface area contributed by atoms with Gasteiger partial charge in [0.2, 0.25) is 0 Å². The molecule has 6 heteroatoms. The summed E-state index contributed by atoms with van der Waals surface area (Å²) in [7, 11) is 0. The summed E-state index contributed by atoms with van der Waals surface area (Å²) in [6.45, 7) is 13.4. The van der Waals surface area contributed by atoms with Crippen LogP contribution in [0.15, 0.2) is 73.6 Å². The van der Waals surface area contributed by atoms with E-state index in [-0.39, 0.29) is 6.04 Å². The molecule has 154 valence electrons.